The molecule has 5 aliphatic carbocycles. The van der Waals surface area contributed by atoms with Crippen LogP contribution in [-0.4, -0.2) is 22.3 Å². The lowest BCUT2D eigenvalue weighted by Crippen LogP contribution is -2.57. The summed E-state index contributed by atoms with van der Waals surface area (Å²) in [6.45, 7) is 14.2. The lowest BCUT2D eigenvalue weighted by atomic mass is 9.41. The second-order valence-corrected chi connectivity index (χ2v) is 14.3. The Morgan fingerprint density at radius 3 is 2.30 bits per heavy atom. The van der Waals surface area contributed by atoms with Crippen LogP contribution in [-0.2, 0) is 4.79 Å². The molecule has 3 nitrogen and oxygen atoms in total. The van der Waals surface area contributed by atoms with Crippen LogP contribution < -0.4 is 0 Å². The molecule has 0 heterocycles. The number of carbonyl (C=O) groups is 1. The molecular formula is C30H48O3. The van der Waals surface area contributed by atoms with Crippen molar-refractivity contribution in [3.63, 3.8) is 0 Å². The number of carboxylic acids is 1. The smallest absolute Gasteiger partial charge is 0.330 e. The molecule has 5 saturated carbocycles. The predicted molar refractivity (Wildman–Crippen MR) is 133 cm³/mol. The molecule has 33 heavy (non-hydrogen) atoms. The number of hydrogen-bond donors (Lipinski definition) is 2. The number of rotatable bonds is 5. The van der Waals surface area contributed by atoms with E-state index >= 15 is 0 Å². The number of aliphatic hydroxyl groups excluding tert-OH is 1. The van der Waals surface area contributed by atoms with Crippen molar-refractivity contribution >= 4 is 5.97 Å². The molecule has 0 aromatic rings. The highest BCUT2D eigenvalue weighted by Crippen LogP contribution is 2.89. The Bertz CT molecular complexity index is 859. The lowest BCUT2D eigenvalue weighted by Gasteiger charge is -2.63. The van der Waals surface area contributed by atoms with Crippen LogP contribution in [0.25, 0.3) is 0 Å². The van der Waals surface area contributed by atoms with E-state index < -0.39 is 5.97 Å². The van der Waals surface area contributed by atoms with Crippen LogP contribution >= 0.6 is 0 Å². The standard InChI is InChI=1S/C30H48O3/c1-19(8-7-9-20(2)25(32)33)21-12-14-28(6)23-11-10-22-26(3,4)24(31)13-15-29(22)18-30(23,29)17-16-27(21,28)5/h9,19,21-24,31H,7-8,10-18H2,1-6H3,(H,32,33)/b20-9+/t19-,21-,22?,23+,24-,27-,28+,29-,30?/m1/s1. The van der Waals surface area contributed by atoms with Gasteiger partial charge in [-0.05, 0) is 128 Å². The summed E-state index contributed by atoms with van der Waals surface area (Å²) in [5.74, 6) is 2.19. The molecule has 2 spiro atoms. The Labute approximate surface area is 201 Å². The van der Waals surface area contributed by atoms with Gasteiger partial charge in [0.1, 0.15) is 0 Å². The molecule has 9 atom stereocenters. The summed E-state index contributed by atoms with van der Waals surface area (Å²) >= 11 is 0. The number of aliphatic carboxylic acids is 1. The molecule has 5 aliphatic rings. The van der Waals surface area contributed by atoms with Crippen LogP contribution in [0.15, 0.2) is 11.6 Å². The van der Waals surface area contributed by atoms with E-state index in [1.165, 1.54) is 51.4 Å². The molecule has 3 heteroatoms. The van der Waals surface area contributed by atoms with Crippen LogP contribution in [0.4, 0.5) is 0 Å². The van der Waals surface area contributed by atoms with Gasteiger partial charge in [0.05, 0.1) is 6.10 Å². The quantitative estimate of drug-likeness (QED) is 0.429. The number of hydrogen-bond acceptors (Lipinski definition) is 2. The fourth-order valence-corrected chi connectivity index (χ4v) is 11.2. The molecule has 0 aromatic heterocycles. The van der Waals surface area contributed by atoms with Crippen LogP contribution in [0.5, 0.6) is 0 Å². The molecule has 2 N–H and O–H groups in total. The number of allylic oxidation sites excluding steroid dienone is 1. The molecule has 5 fully saturated rings. The van der Waals surface area contributed by atoms with Crippen molar-refractivity contribution in [3.05, 3.63) is 11.6 Å². The molecule has 0 aliphatic heterocycles. The van der Waals surface area contributed by atoms with E-state index in [2.05, 4.69) is 34.6 Å². The van der Waals surface area contributed by atoms with Gasteiger partial charge in [-0.15, -0.1) is 0 Å². The van der Waals surface area contributed by atoms with Gasteiger partial charge in [0.2, 0.25) is 0 Å². The number of carboxylic acid groups (broad SMARTS) is 1. The zero-order valence-corrected chi connectivity index (χ0v) is 22.0. The van der Waals surface area contributed by atoms with Gasteiger partial charge >= 0.3 is 5.97 Å². The van der Waals surface area contributed by atoms with Crippen LogP contribution in [0.2, 0.25) is 0 Å². The van der Waals surface area contributed by atoms with Gasteiger partial charge in [-0.2, -0.15) is 0 Å². The first-order chi connectivity index (χ1) is 15.4. The van der Waals surface area contributed by atoms with Crippen molar-refractivity contribution in [2.75, 3.05) is 0 Å². The molecule has 186 valence electrons. The van der Waals surface area contributed by atoms with E-state index in [-0.39, 0.29) is 11.5 Å². The fraction of sp³-hybridized carbons (Fsp3) is 0.900. The van der Waals surface area contributed by atoms with Crippen molar-refractivity contribution in [1.29, 1.82) is 0 Å². The Hall–Kier alpha value is -0.830. The Balaban J connectivity index is 1.37. The number of fused-ring (bicyclic) bond motifs is 2. The van der Waals surface area contributed by atoms with Crippen molar-refractivity contribution in [2.45, 2.75) is 118 Å². The minimum absolute atomic E-state index is 0.0721. The molecule has 0 saturated heterocycles. The zero-order chi connectivity index (χ0) is 24.0. The van der Waals surface area contributed by atoms with E-state index in [9.17, 15) is 15.0 Å². The molecule has 5 rings (SSSR count). The van der Waals surface area contributed by atoms with E-state index in [0.29, 0.717) is 39.1 Å². The fourth-order valence-electron chi connectivity index (χ4n) is 11.2. The van der Waals surface area contributed by atoms with Crippen molar-refractivity contribution in [1.82, 2.24) is 0 Å². The Morgan fingerprint density at radius 2 is 1.61 bits per heavy atom. The highest BCUT2D eigenvalue weighted by molar-refractivity contribution is 5.85. The summed E-state index contributed by atoms with van der Waals surface area (Å²) in [4.78, 5) is 11.2. The van der Waals surface area contributed by atoms with Gasteiger partial charge in [-0.25, -0.2) is 4.79 Å². The monoisotopic (exact) mass is 456 g/mol. The summed E-state index contributed by atoms with van der Waals surface area (Å²) in [6.07, 6.45) is 15.7. The van der Waals surface area contributed by atoms with Gasteiger partial charge in [0.15, 0.2) is 0 Å². The van der Waals surface area contributed by atoms with Crippen LogP contribution in [0.3, 0.4) is 0 Å². The Morgan fingerprint density at radius 1 is 0.939 bits per heavy atom. The molecule has 0 bridgehead atoms. The molecular weight excluding hydrogens is 408 g/mol. The first-order valence-electron chi connectivity index (χ1n) is 13.9. The highest BCUT2D eigenvalue weighted by Gasteiger charge is 2.82. The maximum Gasteiger partial charge on any atom is 0.330 e. The highest BCUT2D eigenvalue weighted by atomic mass is 16.4. The van der Waals surface area contributed by atoms with Gasteiger partial charge < -0.3 is 10.2 Å². The summed E-state index contributed by atoms with van der Waals surface area (Å²) in [7, 11) is 0. The number of aliphatic hydroxyl groups is 1. The maximum atomic E-state index is 11.2. The van der Waals surface area contributed by atoms with E-state index in [0.717, 1.165) is 31.1 Å². The van der Waals surface area contributed by atoms with E-state index in [1.54, 1.807) is 6.92 Å². The molecule has 0 amide bonds. The van der Waals surface area contributed by atoms with Crippen molar-refractivity contribution in [3.8, 4) is 0 Å². The minimum Gasteiger partial charge on any atom is -0.478 e. The van der Waals surface area contributed by atoms with E-state index in [1.807, 2.05) is 6.08 Å². The van der Waals surface area contributed by atoms with Crippen LogP contribution in [0, 0.1) is 50.7 Å². The topological polar surface area (TPSA) is 57.5 Å². The third-order valence-corrected chi connectivity index (χ3v) is 13.3. The van der Waals surface area contributed by atoms with Gasteiger partial charge in [0, 0.05) is 5.57 Å². The Kier molecular flexibility index (Phi) is 5.31. The SMILES string of the molecule is C/C(=C\CC[C@@H](C)[C@H]1CC[C@@]2(C)[C@@H]3CCC4C(C)(C)[C@H](O)CC[C@@]45CC35CC[C@]12C)C(=O)O. The molecule has 2 unspecified atom stereocenters. The first-order valence-corrected chi connectivity index (χ1v) is 13.9. The predicted octanol–water partition coefficient (Wildman–Crippen LogP) is 7.23. The summed E-state index contributed by atoms with van der Waals surface area (Å²) in [5.41, 5.74) is 2.48. The second-order valence-electron chi connectivity index (χ2n) is 14.3. The van der Waals surface area contributed by atoms with E-state index in [4.69, 9.17) is 0 Å². The first kappa shape index (κ1) is 23.9. The average molecular weight is 457 g/mol. The summed E-state index contributed by atoms with van der Waals surface area (Å²) in [6, 6.07) is 0. The second kappa shape index (κ2) is 7.34. The van der Waals surface area contributed by atoms with Gasteiger partial charge in [-0.3, -0.25) is 0 Å². The molecule has 0 aromatic carbocycles. The minimum atomic E-state index is -0.784. The van der Waals surface area contributed by atoms with Crippen LogP contribution in [0.1, 0.15) is 112 Å². The third kappa shape index (κ3) is 2.93. The maximum absolute atomic E-state index is 11.2. The zero-order valence-electron chi connectivity index (χ0n) is 22.0. The van der Waals surface area contributed by atoms with Crippen molar-refractivity contribution in [2.24, 2.45) is 50.7 Å². The largest absolute Gasteiger partial charge is 0.478 e. The van der Waals surface area contributed by atoms with Gasteiger partial charge in [-0.1, -0.05) is 40.7 Å². The summed E-state index contributed by atoms with van der Waals surface area (Å²) in [5, 5.41) is 20.0. The van der Waals surface area contributed by atoms with Crippen molar-refractivity contribution < 1.29 is 15.0 Å². The molecule has 0 radical (unpaired) electrons. The normalized spacial score (nSPS) is 51.1. The summed E-state index contributed by atoms with van der Waals surface area (Å²) < 4.78 is 0. The lowest BCUT2D eigenvalue weighted by molar-refractivity contribution is -0.161. The van der Waals surface area contributed by atoms with Gasteiger partial charge in [0.25, 0.3) is 0 Å². The third-order valence-electron chi connectivity index (χ3n) is 13.3. The average Bonchev–Trinajstić information content (AvgIpc) is 3.33.